The van der Waals surface area contributed by atoms with Gasteiger partial charge in [0.25, 0.3) is 5.91 Å². The fourth-order valence-corrected chi connectivity index (χ4v) is 3.09. The topological polar surface area (TPSA) is 84.9 Å². The molecule has 0 aliphatic carbocycles. The van der Waals surface area contributed by atoms with Crippen molar-refractivity contribution in [3.05, 3.63) is 65.2 Å². The zero-order valence-electron chi connectivity index (χ0n) is 15.5. The van der Waals surface area contributed by atoms with E-state index in [1.165, 1.54) is 0 Å². The molecule has 146 valence electrons. The highest BCUT2D eigenvalue weighted by Gasteiger charge is 2.10. The number of carbonyl (C=O) groups excluding carboxylic acids is 1. The second-order valence-corrected chi connectivity index (χ2v) is 7.58. The first kappa shape index (κ1) is 21.1. The van der Waals surface area contributed by atoms with Crippen molar-refractivity contribution in [2.75, 3.05) is 26.5 Å². The predicted molar refractivity (Wildman–Crippen MR) is 105 cm³/mol. The fraction of sp³-hybridized carbons (Fsp3) is 0.350. The summed E-state index contributed by atoms with van der Waals surface area (Å²) in [6.07, 6.45) is 0.813. The average molecular weight is 391 g/mol. The quantitative estimate of drug-likeness (QED) is 0.646. The number of benzene rings is 2. The van der Waals surface area contributed by atoms with Gasteiger partial charge in [0.2, 0.25) is 0 Å². The zero-order valence-corrected chi connectivity index (χ0v) is 16.3. The van der Waals surface area contributed by atoms with Crippen LogP contribution < -0.4 is 10.1 Å². The summed E-state index contributed by atoms with van der Waals surface area (Å²) in [6.45, 7) is 0.567. The number of amides is 1. The van der Waals surface area contributed by atoms with E-state index in [0.717, 1.165) is 16.9 Å². The Morgan fingerprint density at radius 1 is 1.19 bits per heavy atom. The minimum absolute atomic E-state index is 0.0887. The summed E-state index contributed by atoms with van der Waals surface area (Å²) in [5, 5.41) is 12.7. The molecule has 2 N–H and O–H groups in total. The molecule has 0 heterocycles. The Balaban J connectivity index is 1.73. The van der Waals surface area contributed by atoms with Crippen molar-refractivity contribution < 1.29 is 23.6 Å². The van der Waals surface area contributed by atoms with Crippen molar-refractivity contribution in [3.63, 3.8) is 0 Å². The standard InChI is InChI=1S/C20H25NO5S/c1-25-19-8-6-15(7-9-19)12-26-13-18(22)11-21-20(23)17-5-3-4-16(10-17)14-27(2)24/h3-10,18,22H,11-14H2,1-2H3,(H,21,23). The van der Waals surface area contributed by atoms with E-state index >= 15 is 0 Å². The number of methoxy groups -OCH3 is 1. The SMILES string of the molecule is COc1ccc(COCC(O)CNC(=O)c2cccc(CS(C)=O)c2)cc1. The van der Waals surface area contributed by atoms with Crippen molar-refractivity contribution in [2.24, 2.45) is 0 Å². The number of nitrogens with one attached hydrogen (secondary N) is 1. The minimum Gasteiger partial charge on any atom is -0.497 e. The van der Waals surface area contributed by atoms with E-state index in [9.17, 15) is 14.1 Å². The molecule has 2 rings (SSSR count). The van der Waals surface area contributed by atoms with Crippen LogP contribution in [0.3, 0.4) is 0 Å². The molecule has 2 atom stereocenters. The third-order valence-corrected chi connectivity index (χ3v) is 4.54. The van der Waals surface area contributed by atoms with E-state index in [2.05, 4.69) is 5.32 Å². The van der Waals surface area contributed by atoms with Gasteiger partial charge in [-0.25, -0.2) is 0 Å². The normalized spacial score (nSPS) is 13.0. The molecular weight excluding hydrogens is 366 g/mol. The molecule has 0 aromatic heterocycles. The van der Waals surface area contributed by atoms with Gasteiger partial charge in [0.15, 0.2) is 0 Å². The second kappa shape index (κ2) is 10.8. The van der Waals surface area contributed by atoms with Crippen LogP contribution >= 0.6 is 0 Å². The van der Waals surface area contributed by atoms with Gasteiger partial charge in [-0.1, -0.05) is 24.3 Å². The lowest BCUT2D eigenvalue weighted by molar-refractivity contribution is 0.0285. The monoisotopic (exact) mass is 391 g/mol. The Morgan fingerprint density at radius 2 is 1.93 bits per heavy atom. The Bertz CT molecular complexity index is 763. The summed E-state index contributed by atoms with van der Waals surface area (Å²) in [5.74, 6) is 0.895. The van der Waals surface area contributed by atoms with E-state index in [0.29, 0.717) is 17.9 Å². The van der Waals surface area contributed by atoms with Crippen molar-refractivity contribution >= 4 is 16.7 Å². The Morgan fingerprint density at radius 3 is 2.59 bits per heavy atom. The third-order valence-electron chi connectivity index (χ3n) is 3.80. The van der Waals surface area contributed by atoms with Gasteiger partial charge in [-0.2, -0.15) is 0 Å². The number of ether oxygens (including phenoxy) is 2. The summed E-state index contributed by atoms with van der Waals surface area (Å²) in [7, 11) is 0.642. The fourth-order valence-electron chi connectivity index (χ4n) is 2.44. The molecule has 0 spiro atoms. The first-order chi connectivity index (χ1) is 13.0. The highest BCUT2D eigenvalue weighted by molar-refractivity contribution is 7.83. The van der Waals surface area contributed by atoms with Crippen molar-refractivity contribution in [1.29, 1.82) is 0 Å². The molecule has 2 unspecified atom stereocenters. The molecule has 0 saturated heterocycles. The Labute approximate surface area is 162 Å². The maximum absolute atomic E-state index is 12.2. The van der Waals surface area contributed by atoms with E-state index in [1.54, 1.807) is 31.6 Å². The van der Waals surface area contributed by atoms with Crippen molar-refractivity contribution in [1.82, 2.24) is 5.32 Å². The summed E-state index contributed by atoms with van der Waals surface area (Å²) < 4.78 is 21.9. The zero-order chi connectivity index (χ0) is 19.6. The molecule has 0 aliphatic rings. The lowest BCUT2D eigenvalue weighted by atomic mass is 10.1. The van der Waals surface area contributed by atoms with E-state index in [1.807, 2.05) is 30.3 Å². The number of hydrogen-bond donors (Lipinski definition) is 2. The predicted octanol–water partition coefficient (Wildman–Crippen LogP) is 1.88. The van der Waals surface area contributed by atoms with Crippen LogP contribution in [0.25, 0.3) is 0 Å². The van der Waals surface area contributed by atoms with Crippen LogP contribution in [-0.4, -0.2) is 47.8 Å². The highest BCUT2D eigenvalue weighted by Crippen LogP contribution is 2.12. The molecule has 2 aromatic carbocycles. The van der Waals surface area contributed by atoms with Gasteiger partial charge in [0.05, 0.1) is 26.4 Å². The van der Waals surface area contributed by atoms with Gasteiger partial charge in [-0.05, 0) is 35.4 Å². The van der Waals surface area contributed by atoms with Crippen LogP contribution in [-0.2, 0) is 27.9 Å². The number of aliphatic hydroxyl groups is 1. The Hall–Kier alpha value is -2.22. The van der Waals surface area contributed by atoms with Crippen LogP contribution in [0.5, 0.6) is 5.75 Å². The van der Waals surface area contributed by atoms with Gasteiger partial charge in [-0.3, -0.25) is 9.00 Å². The number of aliphatic hydroxyl groups excluding tert-OH is 1. The summed E-state index contributed by atoms with van der Waals surface area (Å²) >= 11 is 0. The van der Waals surface area contributed by atoms with Gasteiger partial charge in [0, 0.05) is 34.9 Å². The summed E-state index contributed by atoms with van der Waals surface area (Å²) in [6, 6.07) is 14.5. The molecule has 0 bridgehead atoms. The van der Waals surface area contributed by atoms with Gasteiger partial charge in [0.1, 0.15) is 5.75 Å². The number of rotatable bonds is 10. The molecule has 6 nitrogen and oxygen atoms in total. The molecule has 1 amide bonds. The van der Waals surface area contributed by atoms with Gasteiger partial charge >= 0.3 is 0 Å². The minimum atomic E-state index is -0.966. The molecule has 2 aromatic rings. The first-order valence-electron chi connectivity index (χ1n) is 8.54. The van der Waals surface area contributed by atoms with Crippen LogP contribution in [0.2, 0.25) is 0 Å². The third kappa shape index (κ3) is 7.50. The van der Waals surface area contributed by atoms with Gasteiger partial charge < -0.3 is 19.9 Å². The second-order valence-electron chi connectivity index (χ2n) is 6.14. The van der Waals surface area contributed by atoms with Crippen molar-refractivity contribution in [3.8, 4) is 5.75 Å². The molecule has 0 radical (unpaired) electrons. The molecule has 0 aliphatic heterocycles. The maximum Gasteiger partial charge on any atom is 0.251 e. The molecule has 7 heteroatoms. The van der Waals surface area contributed by atoms with Crippen LogP contribution in [0.4, 0.5) is 0 Å². The molecule has 0 saturated carbocycles. The van der Waals surface area contributed by atoms with Crippen LogP contribution in [0, 0.1) is 0 Å². The number of hydrogen-bond acceptors (Lipinski definition) is 5. The maximum atomic E-state index is 12.2. The lowest BCUT2D eigenvalue weighted by Gasteiger charge is -2.13. The Kier molecular flexibility index (Phi) is 8.44. The van der Waals surface area contributed by atoms with E-state index in [4.69, 9.17) is 9.47 Å². The molecule has 0 fully saturated rings. The average Bonchev–Trinajstić information content (AvgIpc) is 2.66. The first-order valence-corrected chi connectivity index (χ1v) is 10.3. The van der Waals surface area contributed by atoms with E-state index in [-0.39, 0.29) is 19.1 Å². The highest BCUT2D eigenvalue weighted by atomic mass is 32.2. The van der Waals surface area contributed by atoms with Gasteiger partial charge in [-0.15, -0.1) is 0 Å². The molecular formula is C20H25NO5S. The summed E-state index contributed by atoms with van der Waals surface area (Å²) in [5.41, 5.74) is 2.29. The number of carbonyl (C=O) groups is 1. The molecule has 27 heavy (non-hydrogen) atoms. The van der Waals surface area contributed by atoms with Crippen LogP contribution in [0.1, 0.15) is 21.5 Å². The summed E-state index contributed by atoms with van der Waals surface area (Å²) in [4.78, 5) is 12.2. The largest absolute Gasteiger partial charge is 0.497 e. The van der Waals surface area contributed by atoms with E-state index < -0.39 is 16.9 Å². The van der Waals surface area contributed by atoms with Crippen molar-refractivity contribution in [2.45, 2.75) is 18.5 Å². The smallest absolute Gasteiger partial charge is 0.251 e. The van der Waals surface area contributed by atoms with Crippen LogP contribution in [0.15, 0.2) is 48.5 Å². The lowest BCUT2D eigenvalue weighted by Crippen LogP contribution is -2.34.